The Hall–Kier alpha value is -6.26. The summed E-state index contributed by atoms with van der Waals surface area (Å²) in [5.41, 5.74) is 11.0. The lowest BCUT2D eigenvalue weighted by Crippen LogP contribution is -2.03. The third kappa shape index (κ3) is 4.08. The maximum absolute atomic E-state index is 5.13. The first-order chi connectivity index (χ1) is 22.9. The lowest BCUT2D eigenvalue weighted by molar-refractivity contribution is 0.988. The molecule has 3 aromatic heterocycles. The highest BCUT2D eigenvalue weighted by atomic mass is 15.2. The molecule has 0 N–H and O–H groups in total. The molecule has 216 valence electrons. The topological polar surface area (TPSA) is 35.6 Å². The van der Waals surface area contributed by atoms with Gasteiger partial charge in [-0.1, -0.05) is 133 Å². The van der Waals surface area contributed by atoms with E-state index in [-0.39, 0.29) is 0 Å². The van der Waals surface area contributed by atoms with Crippen molar-refractivity contribution in [3.05, 3.63) is 170 Å². The van der Waals surface area contributed by atoms with Crippen molar-refractivity contribution >= 4 is 32.7 Å². The second-order valence-corrected chi connectivity index (χ2v) is 11.4. The molecule has 0 fully saturated rings. The molecule has 0 atom stereocenters. The van der Waals surface area contributed by atoms with Crippen molar-refractivity contribution < 1.29 is 0 Å². The van der Waals surface area contributed by atoms with E-state index in [2.05, 4.69) is 161 Å². The fourth-order valence-electron chi connectivity index (χ4n) is 6.85. The van der Waals surface area contributed by atoms with Gasteiger partial charge in [-0.3, -0.25) is 4.57 Å². The summed E-state index contributed by atoms with van der Waals surface area (Å²) in [6, 6.07) is 57.6. The van der Waals surface area contributed by atoms with Crippen molar-refractivity contribution in [1.29, 1.82) is 0 Å². The Morgan fingerprint density at radius 2 is 0.891 bits per heavy atom. The van der Waals surface area contributed by atoms with E-state index in [9.17, 15) is 0 Å². The second-order valence-electron chi connectivity index (χ2n) is 11.4. The number of hydrogen-bond acceptors (Lipinski definition) is 2. The van der Waals surface area contributed by atoms with E-state index in [1.54, 1.807) is 0 Å². The number of rotatable bonds is 5. The molecule has 6 aromatic carbocycles. The van der Waals surface area contributed by atoms with E-state index in [1.807, 2.05) is 18.3 Å². The molecule has 0 spiro atoms. The summed E-state index contributed by atoms with van der Waals surface area (Å²) in [6.45, 7) is 0. The van der Waals surface area contributed by atoms with Gasteiger partial charge in [0.25, 0.3) is 0 Å². The van der Waals surface area contributed by atoms with Crippen LogP contribution in [0.3, 0.4) is 0 Å². The lowest BCUT2D eigenvalue weighted by atomic mass is 9.93. The molecule has 9 rings (SSSR count). The number of fused-ring (bicyclic) bond motifs is 3. The summed E-state index contributed by atoms with van der Waals surface area (Å²) in [7, 11) is 0. The zero-order valence-corrected chi connectivity index (χ0v) is 25.0. The Balaban J connectivity index is 1.50. The lowest BCUT2D eigenvalue weighted by Gasteiger charge is -2.15. The predicted octanol–water partition coefficient (Wildman–Crippen LogP) is 10.5. The summed E-state index contributed by atoms with van der Waals surface area (Å²) >= 11 is 0. The SMILES string of the molecule is c1ccc(-c2c(-c3c(-c4ccccc4)n(-c4ncc5ccccc5n4)c4ccccc34)c3ccccc3n2-c2ccccc2)cc1. The molecule has 4 nitrogen and oxygen atoms in total. The Morgan fingerprint density at radius 1 is 0.413 bits per heavy atom. The van der Waals surface area contributed by atoms with Gasteiger partial charge in [0.05, 0.1) is 27.9 Å². The highest BCUT2D eigenvalue weighted by Crippen LogP contribution is 2.50. The average Bonchev–Trinajstić information content (AvgIpc) is 3.66. The van der Waals surface area contributed by atoms with Gasteiger partial charge in [0.15, 0.2) is 0 Å². The van der Waals surface area contributed by atoms with Crippen LogP contribution in [0.25, 0.3) is 78.0 Å². The van der Waals surface area contributed by atoms with Crippen LogP contribution in [0.2, 0.25) is 0 Å². The molecule has 0 aliphatic carbocycles. The standard InChI is InChI=1S/C42H28N4/c1-4-16-29(17-5-1)40-38(33-23-11-14-26-36(33)45(40)32-21-8-3-9-22-32)39-34-24-12-15-27-37(34)46(41(39)30-18-6-2-7-19-30)42-43-28-31-20-10-13-25-35(31)44-42/h1-28H. The first-order valence-corrected chi connectivity index (χ1v) is 15.5. The summed E-state index contributed by atoms with van der Waals surface area (Å²) in [5, 5.41) is 3.34. The van der Waals surface area contributed by atoms with E-state index in [0.717, 1.165) is 61.1 Å². The van der Waals surface area contributed by atoms with Crippen molar-refractivity contribution in [2.24, 2.45) is 0 Å². The van der Waals surface area contributed by atoms with Crippen LogP contribution in [0.4, 0.5) is 0 Å². The first kappa shape index (κ1) is 26.2. The number of benzene rings is 6. The molecule has 0 bridgehead atoms. The zero-order chi connectivity index (χ0) is 30.5. The molecule has 4 heteroatoms. The van der Waals surface area contributed by atoms with Crippen molar-refractivity contribution in [1.82, 2.24) is 19.1 Å². The molecule has 0 saturated heterocycles. The molecule has 0 saturated carbocycles. The van der Waals surface area contributed by atoms with Gasteiger partial charge in [-0.15, -0.1) is 0 Å². The Kier molecular flexibility index (Phi) is 6.10. The van der Waals surface area contributed by atoms with Crippen molar-refractivity contribution in [2.75, 3.05) is 0 Å². The summed E-state index contributed by atoms with van der Waals surface area (Å²) < 4.78 is 4.66. The Morgan fingerprint density at radius 3 is 1.52 bits per heavy atom. The molecule has 3 heterocycles. The monoisotopic (exact) mass is 588 g/mol. The van der Waals surface area contributed by atoms with Gasteiger partial charge in [0.2, 0.25) is 5.95 Å². The van der Waals surface area contributed by atoms with E-state index in [0.29, 0.717) is 5.95 Å². The Labute approximate surface area is 266 Å². The van der Waals surface area contributed by atoms with Gasteiger partial charge < -0.3 is 4.57 Å². The third-order valence-corrected chi connectivity index (χ3v) is 8.78. The van der Waals surface area contributed by atoms with Crippen LogP contribution < -0.4 is 0 Å². The van der Waals surface area contributed by atoms with Gasteiger partial charge in [-0.2, -0.15) is 0 Å². The minimum Gasteiger partial charge on any atom is -0.309 e. The number of hydrogen-bond donors (Lipinski definition) is 0. The molecule has 0 amide bonds. The van der Waals surface area contributed by atoms with Crippen LogP contribution in [0.5, 0.6) is 0 Å². The van der Waals surface area contributed by atoms with E-state index in [1.165, 1.54) is 10.9 Å². The van der Waals surface area contributed by atoms with E-state index in [4.69, 9.17) is 9.97 Å². The van der Waals surface area contributed by atoms with Crippen LogP contribution in [0.1, 0.15) is 0 Å². The van der Waals surface area contributed by atoms with Gasteiger partial charge in [-0.05, 0) is 41.5 Å². The van der Waals surface area contributed by atoms with Crippen molar-refractivity contribution in [2.45, 2.75) is 0 Å². The molecule has 0 aliphatic rings. The second kappa shape index (κ2) is 10.7. The smallest absolute Gasteiger partial charge is 0.235 e. The molecule has 0 radical (unpaired) electrons. The number of nitrogens with zero attached hydrogens (tertiary/aromatic N) is 4. The number of para-hydroxylation sites is 4. The zero-order valence-electron chi connectivity index (χ0n) is 25.0. The largest absolute Gasteiger partial charge is 0.309 e. The highest BCUT2D eigenvalue weighted by molar-refractivity contribution is 6.16. The molecule has 46 heavy (non-hydrogen) atoms. The normalized spacial score (nSPS) is 11.5. The van der Waals surface area contributed by atoms with Crippen LogP contribution in [-0.2, 0) is 0 Å². The minimum absolute atomic E-state index is 0.646. The van der Waals surface area contributed by atoms with E-state index >= 15 is 0 Å². The molecule has 9 aromatic rings. The van der Waals surface area contributed by atoms with Crippen LogP contribution >= 0.6 is 0 Å². The summed E-state index contributed by atoms with van der Waals surface area (Å²) in [5.74, 6) is 0.646. The maximum atomic E-state index is 5.13. The highest BCUT2D eigenvalue weighted by Gasteiger charge is 2.29. The quantitative estimate of drug-likeness (QED) is 0.200. The van der Waals surface area contributed by atoms with Crippen LogP contribution in [-0.4, -0.2) is 19.1 Å². The van der Waals surface area contributed by atoms with Crippen LogP contribution in [0, 0.1) is 0 Å². The fourth-order valence-corrected chi connectivity index (χ4v) is 6.85. The summed E-state index contributed by atoms with van der Waals surface area (Å²) in [4.78, 5) is 10.1. The molecule has 0 aliphatic heterocycles. The first-order valence-electron chi connectivity index (χ1n) is 15.5. The predicted molar refractivity (Wildman–Crippen MR) is 190 cm³/mol. The average molecular weight is 589 g/mol. The summed E-state index contributed by atoms with van der Waals surface area (Å²) in [6.07, 6.45) is 1.93. The number of aromatic nitrogens is 4. The third-order valence-electron chi connectivity index (χ3n) is 8.78. The maximum Gasteiger partial charge on any atom is 0.235 e. The van der Waals surface area contributed by atoms with E-state index < -0.39 is 0 Å². The fraction of sp³-hybridized carbons (Fsp3) is 0. The Bertz CT molecular complexity index is 2510. The van der Waals surface area contributed by atoms with Gasteiger partial charge in [-0.25, -0.2) is 9.97 Å². The van der Waals surface area contributed by atoms with Gasteiger partial charge in [0.1, 0.15) is 0 Å². The van der Waals surface area contributed by atoms with Crippen LogP contribution in [0.15, 0.2) is 170 Å². The minimum atomic E-state index is 0.646. The van der Waals surface area contributed by atoms with Gasteiger partial charge in [0, 0.05) is 39.2 Å². The van der Waals surface area contributed by atoms with Crippen molar-refractivity contribution in [3.8, 4) is 45.3 Å². The molecular weight excluding hydrogens is 560 g/mol. The van der Waals surface area contributed by atoms with Crippen molar-refractivity contribution in [3.63, 3.8) is 0 Å². The molecular formula is C42H28N4. The van der Waals surface area contributed by atoms with Gasteiger partial charge >= 0.3 is 0 Å². The molecule has 0 unspecified atom stereocenters.